The molecule has 0 saturated heterocycles. The van der Waals surface area contributed by atoms with Crippen molar-refractivity contribution in [1.82, 2.24) is 0 Å². The summed E-state index contributed by atoms with van der Waals surface area (Å²) < 4.78 is 11.9. The molecule has 0 heterocycles. The van der Waals surface area contributed by atoms with Crippen molar-refractivity contribution in [2.45, 2.75) is 6.92 Å². The molecule has 0 atom stereocenters. The van der Waals surface area contributed by atoms with Crippen LogP contribution in [0.5, 0.6) is 11.5 Å². The van der Waals surface area contributed by atoms with E-state index in [0.29, 0.717) is 18.1 Å². The van der Waals surface area contributed by atoms with Gasteiger partial charge < -0.3 is 9.47 Å². The van der Waals surface area contributed by atoms with Crippen LogP contribution in [-0.4, -0.2) is 19.4 Å². The topological polar surface area (TPSA) is 66.6 Å². The van der Waals surface area contributed by atoms with Crippen LogP contribution in [0.15, 0.2) is 52.0 Å². The summed E-state index contributed by atoms with van der Waals surface area (Å²) in [4.78, 5) is 0. The second-order valence-electron chi connectivity index (χ2n) is 4.46. The van der Waals surface area contributed by atoms with E-state index in [1.54, 1.807) is 12.3 Å². The van der Waals surface area contributed by atoms with E-state index in [0.717, 1.165) is 15.7 Å². The predicted molar refractivity (Wildman–Crippen MR) is 94.1 cm³/mol. The Bertz CT molecular complexity index is 709. The van der Waals surface area contributed by atoms with E-state index >= 15 is 0 Å². The Morgan fingerprint density at radius 1 is 1.17 bits per heavy atom. The number of anilines is 1. The number of halogens is 1. The summed E-state index contributed by atoms with van der Waals surface area (Å²) >= 11 is 3.39. The number of benzene rings is 2. The van der Waals surface area contributed by atoms with Gasteiger partial charge in [-0.05, 0) is 55.0 Å². The molecule has 0 unspecified atom stereocenters. The van der Waals surface area contributed by atoms with Gasteiger partial charge in [-0.3, -0.25) is 5.43 Å². The van der Waals surface area contributed by atoms with E-state index in [1.165, 1.54) is 0 Å². The van der Waals surface area contributed by atoms with E-state index in [1.807, 2.05) is 49.4 Å². The number of hydrogen-bond donors (Lipinski definition) is 1. The smallest absolute Gasteiger partial charge is 0.174 e. The molecule has 0 amide bonds. The van der Waals surface area contributed by atoms with Crippen molar-refractivity contribution in [2.24, 2.45) is 5.10 Å². The van der Waals surface area contributed by atoms with Crippen LogP contribution in [0.3, 0.4) is 0 Å². The van der Waals surface area contributed by atoms with Gasteiger partial charge in [0.15, 0.2) is 18.1 Å². The van der Waals surface area contributed by atoms with Crippen molar-refractivity contribution in [3.63, 3.8) is 0 Å². The standard InChI is InChI=1S/C17H16BrN3O2/c1-2-22-17-11-13(3-8-16(17)23-10-9-19)12-20-21-15-6-4-14(18)5-7-15/h3-8,11-12,21H,2,10H2,1H3/b20-12+. The van der Waals surface area contributed by atoms with E-state index in [2.05, 4.69) is 26.5 Å². The van der Waals surface area contributed by atoms with Crippen molar-refractivity contribution in [1.29, 1.82) is 5.26 Å². The summed E-state index contributed by atoms with van der Waals surface area (Å²) in [7, 11) is 0. The Kier molecular flexibility index (Phi) is 6.45. The van der Waals surface area contributed by atoms with Crippen LogP contribution in [-0.2, 0) is 0 Å². The van der Waals surface area contributed by atoms with Crippen molar-refractivity contribution in [2.75, 3.05) is 18.6 Å². The minimum atomic E-state index is -0.0152. The number of rotatable bonds is 7. The number of nitrogens with zero attached hydrogens (tertiary/aromatic N) is 2. The zero-order chi connectivity index (χ0) is 16.5. The van der Waals surface area contributed by atoms with Crippen LogP contribution >= 0.6 is 15.9 Å². The van der Waals surface area contributed by atoms with Crippen molar-refractivity contribution < 1.29 is 9.47 Å². The first-order valence-corrected chi connectivity index (χ1v) is 7.83. The quantitative estimate of drug-likeness (QED) is 0.583. The fourth-order valence-corrected chi connectivity index (χ4v) is 2.07. The molecule has 0 aromatic heterocycles. The molecule has 0 spiro atoms. The van der Waals surface area contributed by atoms with Gasteiger partial charge in [0.2, 0.25) is 0 Å². The molecular weight excluding hydrogens is 358 g/mol. The van der Waals surface area contributed by atoms with Gasteiger partial charge in [0, 0.05) is 4.47 Å². The lowest BCUT2D eigenvalue weighted by Gasteiger charge is -2.10. The van der Waals surface area contributed by atoms with Gasteiger partial charge in [0.05, 0.1) is 18.5 Å². The van der Waals surface area contributed by atoms with E-state index in [9.17, 15) is 0 Å². The zero-order valence-corrected chi connectivity index (χ0v) is 14.2. The van der Waals surface area contributed by atoms with Crippen LogP contribution in [0.4, 0.5) is 5.69 Å². The minimum Gasteiger partial charge on any atom is -0.490 e. The van der Waals surface area contributed by atoms with Crippen LogP contribution in [0.1, 0.15) is 12.5 Å². The first-order valence-electron chi connectivity index (χ1n) is 7.04. The average Bonchev–Trinajstić information content (AvgIpc) is 2.56. The maximum atomic E-state index is 8.60. The van der Waals surface area contributed by atoms with Gasteiger partial charge in [-0.1, -0.05) is 15.9 Å². The van der Waals surface area contributed by atoms with Crippen LogP contribution in [0.2, 0.25) is 0 Å². The zero-order valence-electron chi connectivity index (χ0n) is 12.6. The molecule has 0 bridgehead atoms. The maximum absolute atomic E-state index is 8.60. The lowest BCUT2D eigenvalue weighted by molar-refractivity contribution is 0.298. The fourth-order valence-electron chi connectivity index (χ4n) is 1.81. The van der Waals surface area contributed by atoms with Gasteiger partial charge >= 0.3 is 0 Å². The summed E-state index contributed by atoms with van der Waals surface area (Å²) in [6, 6.07) is 15.1. The molecule has 2 rings (SSSR count). The van der Waals surface area contributed by atoms with E-state index in [-0.39, 0.29) is 6.61 Å². The van der Waals surface area contributed by atoms with Gasteiger partial charge in [0.25, 0.3) is 0 Å². The van der Waals surface area contributed by atoms with Crippen LogP contribution in [0, 0.1) is 11.3 Å². The van der Waals surface area contributed by atoms with Gasteiger partial charge in [-0.2, -0.15) is 10.4 Å². The first-order chi connectivity index (χ1) is 11.2. The van der Waals surface area contributed by atoms with Gasteiger partial charge in [0.1, 0.15) is 6.07 Å². The Morgan fingerprint density at radius 3 is 2.65 bits per heavy atom. The number of nitrogens with one attached hydrogen (secondary N) is 1. The minimum absolute atomic E-state index is 0.0152. The summed E-state index contributed by atoms with van der Waals surface area (Å²) in [6.07, 6.45) is 1.69. The van der Waals surface area contributed by atoms with Crippen LogP contribution in [0.25, 0.3) is 0 Å². The van der Waals surface area contributed by atoms with Crippen molar-refractivity contribution >= 4 is 27.8 Å². The molecule has 1 N–H and O–H groups in total. The monoisotopic (exact) mass is 373 g/mol. The predicted octanol–water partition coefficient (Wildman–Crippen LogP) is 4.20. The normalized spacial score (nSPS) is 10.3. The molecular formula is C17H16BrN3O2. The van der Waals surface area contributed by atoms with Crippen molar-refractivity contribution in [3.8, 4) is 17.6 Å². The maximum Gasteiger partial charge on any atom is 0.174 e. The molecule has 0 aliphatic carbocycles. The lowest BCUT2D eigenvalue weighted by atomic mass is 10.2. The highest BCUT2D eigenvalue weighted by Crippen LogP contribution is 2.28. The molecule has 0 fully saturated rings. The molecule has 118 valence electrons. The summed E-state index contributed by atoms with van der Waals surface area (Å²) in [6.45, 7) is 2.39. The molecule has 2 aromatic rings. The molecule has 0 saturated carbocycles. The number of hydrogen-bond acceptors (Lipinski definition) is 5. The first kappa shape index (κ1) is 16.8. The average molecular weight is 374 g/mol. The largest absolute Gasteiger partial charge is 0.490 e. The number of hydrazone groups is 1. The molecule has 0 radical (unpaired) electrons. The highest BCUT2D eigenvalue weighted by Gasteiger charge is 2.05. The number of nitriles is 1. The number of ether oxygens (including phenoxy) is 2. The Labute approximate surface area is 143 Å². The molecule has 5 nitrogen and oxygen atoms in total. The Hall–Kier alpha value is -2.52. The SMILES string of the molecule is CCOc1cc(/C=N/Nc2ccc(Br)cc2)ccc1OCC#N. The van der Waals surface area contributed by atoms with Gasteiger partial charge in [-0.25, -0.2) is 0 Å². The molecule has 2 aromatic carbocycles. The third kappa shape index (κ3) is 5.31. The van der Waals surface area contributed by atoms with Crippen LogP contribution < -0.4 is 14.9 Å². The van der Waals surface area contributed by atoms with E-state index in [4.69, 9.17) is 14.7 Å². The molecule has 0 aliphatic heterocycles. The Balaban J connectivity index is 2.06. The van der Waals surface area contributed by atoms with Crippen molar-refractivity contribution in [3.05, 3.63) is 52.5 Å². The lowest BCUT2D eigenvalue weighted by Crippen LogP contribution is -2.00. The summed E-state index contributed by atoms with van der Waals surface area (Å²) in [5.74, 6) is 1.14. The highest BCUT2D eigenvalue weighted by atomic mass is 79.9. The second-order valence-corrected chi connectivity index (χ2v) is 5.38. The third-order valence-electron chi connectivity index (χ3n) is 2.81. The molecule has 0 aliphatic rings. The molecule has 6 heteroatoms. The summed E-state index contributed by atoms with van der Waals surface area (Å²) in [5, 5.41) is 12.8. The third-order valence-corrected chi connectivity index (χ3v) is 3.34. The fraction of sp³-hybridized carbons (Fsp3) is 0.176. The van der Waals surface area contributed by atoms with E-state index < -0.39 is 0 Å². The highest BCUT2D eigenvalue weighted by molar-refractivity contribution is 9.10. The summed E-state index contributed by atoms with van der Waals surface area (Å²) in [5.41, 5.74) is 4.71. The Morgan fingerprint density at radius 2 is 1.96 bits per heavy atom. The second kappa shape index (κ2) is 8.81. The van der Waals surface area contributed by atoms with Gasteiger partial charge in [-0.15, -0.1) is 0 Å². The molecule has 23 heavy (non-hydrogen) atoms.